The van der Waals surface area contributed by atoms with Crippen molar-refractivity contribution in [2.45, 2.75) is 25.8 Å². The fourth-order valence-electron chi connectivity index (χ4n) is 2.04. The molecule has 0 unspecified atom stereocenters. The second kappa shape index (κ2) is 2.31. The van der Waals surface area contributed by atoms with Gasteiger partial charge in [-0.3, -0.25) is 0 Å². The first kappa shape index (κ1) is 7.06. The number of aryl methyl sites for hydroxylation is 1. The summed E-state index contributed by atoms with van der Waals surface area (Å²) in [5.74, 6) is 1.79. The summed E-state index contributed by atoms with van der Waals surface area (Å²) in [4.78, 5) is 8.77. The Labute approximate surface area is 76.4 Å². The highest BCUT2D eigenvalue weighted by Crippen LogP contribution is 2.29. The molecule has 0 amide bonds. The van der Waals surface area contributed by atoms with Gasteiger partial charge in [-0.25, -0.2) is 9.97 Å². The molecule has 13 heavy (non-hydrogen) atoms. The zero-order chi connectivity index (χ0) is 8.84. The molecular weight excluding hydrogens is 162 g/mol. The Morgan fingerprint density at radius 3 is 3.38 bits per heavy atom. The average molecular weight is 173 g/mol. The van der Waals surface area contributed by atoms with E-state index in [1.54, 1.807) is 6.20 Å². The maximum absolute atomic E-state index is 4.53. The van der Waals surface area contributed by atoms with Crippen LogP contribution in [-0.2, 0) is 6.54 Å². The molecule has 1 aliphatic rings. The quantitative estimate of drug-likeness (QED) is 0.609. The fourth-order valence-corrected chi connectivity index (χ4v) is 2.04. The number of nitrogens with zero attached hydrogens (tertiary/aromatic N) is 3. The number of imidazole rings is 1. The molecule has 3 rings (SSSR count). The molecule has 0 saturated heterocycles. The molecule has 0 aromatic carbocycles. The molecule has 0 spiro atoms. The van der Waals surface area contributed by atoms with Crippen molar-refractivity contribution in [3.63, 3.8) is 0 Å². The van der Waals surface area contributed by atoms with Gasteiger partial charge in [0, 0.05) is 18.7 Å². The van der Waals surface area contributed by atoms with E-state index < -0.39 is 0 Å². The van der Waals surface area contributed by atoms with Gasteiger partial charge in [0.25, 0.3) is 0 Å². The lowest BCUT2D eigenvalue weighted by Crippen LogP contribution is -1.91. The average Bonchev–Trinajstić information content (AvgIpc) is 2.67. The summed E-state index contributed by atoms with van der Waals surface area (Å²) in [5.41, 5.74) is 2.07. The molecular formula is C10H11N3. The van der Waals surface area contributed by atoms with Crippen LogP contribution in [0.1, 0.15) is 25.1 Å². The molecule has 3 heteroatoms. The Kier molecular flexibility index (Phi) is 1.26. The van der Waals surface area contributed by atoms with Crippen LogP contribution >= 0.6 is 0 Å². The van der Waals surface area contributed by atoms with Crippen molar-refractivity contribution < 1.29 is 0 Å². The number of pyridine rings is 1. The van der Waals surface area contributed by atoms with Crippen molar-refractivity contribution in [3.05, 3.63) is 24.2 Å². The van der Waals surface area contributed by atoms with Gasteiger partial charge in [-0.05, 0) is 18.6 Å². The molecule has 0 radical (unpaired) electrons. The number of fused-ring (bicyclic) bond motifs is 3. The third-order valence-corrected chi connectivity index (χ3v) is 2.78. The first-order valence-corrected chi connectivity index (χ1v) is 4.67. The van der Waals surface area contributed by atoms with E-state index in [0.29, 0.717) is 5.92 Å². The third kappa shape index (κ3) is 0.842. The standard InChI is InChI=1S/C10H11N3/c1-7-4-6-13-8-3-2-5-11-9(8)12-10(7)13/h2-3,5,7H,4,6H2,1H3/t7-/m1/s1. The van der Waals surface area contributed by atoms with Crippen molar-refractivity contribution in [2.75, 3.05) is 0 Å². The summed E-state index contributed by atoms with van der Waals surface area (Å²) in [7, 11) is 0. The van der Waals surface area contributed by atoms with E-state index in [9.17, 15) is 0 Å². The highest BCUT2D eigenvalue weighted by Gasteiger charge is 2.22. The maximum Gasteiger partial charge on any atom is 0.177 e. The zero-order valence-corrected chi connectivity index (χ0v) is 7.57. The lowest BCUT2D eigenvalue weighted by atomic mass is 10.1. The molecule has 1 atom stereocenters. The van der Waals surface area contributed by atoms with E-state index in [1.807, 2.05) is 6.07 Å². The van der Waals surface area contributed by atoms with Gasteiger partial charge >= 0.3 is 0 Å². The molecule has 3 nitrogen and oxygen atoms in total. The van der Waals surface area contributed by atoms with E-state index in [-0.39, 0.29) is 0 Å². The van der Waals surface area contributed by atoms with Gasteiger partial charge in [0.15, 0.2) is 5.65 Å². The first-order valence-electron chi connectivity index (χ1n) is 4.67. The van der Waals surface area contributed by atoms with Crippen molar-refractivity contribution in [2.24, 2.45) is 0 Å². The van der Waals surface area contributed by atoms with Crippen molar-refractivity contribution in [3.8, 4) is 0 Å². The molecule has 0 bridgehead atoms. The number of aromatic nitrogens is 3. The SMILES string of the molecule is C[C@@H]1CCn2c1nc1ncccc12. The van der Waals surface area contributed by atoms with Gasteiger partial charge in [-0.15, -0.1) is 0 Å². The molecule has 2 aromatic heterocycles. The Bertz CT molecular complexity index is 458. The maximum atomic E-state index is 4.53. The van der Waals surface area contributed by atoms with Crippen LogP contribution in [0.4, 0.5) is 0 Å². The van der Waals surface area contributed by atoms with Gasteiger partial charge in [0.1, 0.15) is 5.82 Å². The predicted molar refractivity (Wildman–Crippen MR) is 50.6 cm³/mol. The lowest BCUT2D eigenvalue weighted by molar-refractivity contribution is 0.709. The van der Waals surface area contributed by atoms with Gasteiger partial charge in [0.2, 0.25) is 0 Å². The summed E-state index contributed by atoms with van der Waals surface area (Å²) >= 11 is 0. The van der Waals surface area contributed by atoms with Crippen molar-refractivity contribution >= 4 is 11.2 Å². The number of hydrogen-bond acceptors (Lipinski definition) is 2. The molecule has 0 N–H and O–H groups in total. The predicted octanol–water partition coefficient (Wildman–Crippen LogP) is 1.94. The van der Waals surface area contributed by atoms with Crippen LogP contribution in [0.5, 0.6) is 0 Å². The second-order valence-electron chi connectivity index (χ2n) is 3.66. The van der Waals surface area contributed by atoms with E-state index in [1.165, 1.54) is 17.8 Å². The van der Waals surface area contributed by atoms with Crippen LogP contribution in [0, 0.1) is 0 Å². The molecule has 0 fully saturated rings. The monoisotopic (exact) mass is 173 g/mol. The molecule has 2 aromatic rings. The Hall–Kier alpha value is -1.38. The Morgan fingerprint density at radius 2 is 2.46 bits per heavy atom. The van der Waals surface area contributed by atoms with E-state index >= 15 is 0 Å². The summed E-state index contributed by atoms with van der Waals surface area (Å²) in [6.07, 6.45) is 3.02. The second-order valence-corrected chi connectivity index (χ2v) is 3.66. The molecule has 3 heterocycles. The number of hydrogen-bond donors (Lipinski definition) is 0. The van der Waals surface area contributed by atoms with Gasteiger partial charge in [0.05, 0.1) is 5.52 Å². The van der Waals surface area contributed by atoms with Gasteiger partial charge < -0.3 is 4.57 Å². The minimum atomic E-state index is 0.592. The fraction of sp³-hybridized carbons (Fsp3) is 0.400. The highest BCUT2D eigenvalue weighted by molar-refractivity contribution is 5.71. The summed E-state index contributed by atoms with van der Waals surface area (Å²) in [6, 6.07) is 4.07. The van der Waals surface area contributed by atoms with Crippen LogP contribution in [0.25, 0.3) is 11.2 Å². The first-order chi connectivity index (χ1) is 6.36. The van der Waals surface area contributed by atoms with Crippen LogP contribution in [-0.4, -0.2) is 14.5 Å². The number of rotatable bonds is 0. The summed E-state index contributed by atoms with van der Waals surface area (Å²) in [5, 5.41) is 0. The largest absolute Gasteiger partial charge is 0.326 e. The summed E-state index contributed by atoms with van der Waals surface area (Å²) < 4.78 is 2.28. The molecule has 0 saturated carbocycles. The van der Waals surface area contributed by atoms with Crippen LogP contribution < -0.4 is 0 Å². The smallest absolute Gasteiger partial charge is 0.177 e. The lowest BCUT2D eigenvalue weighted by Gasteiger charge is -1.95. The Morgan fingerprint density at radius 1 is 1.54 bits per heavy atom. The Balaban J connectivity index is 2.38. The third-order valence-electron chi connectivity index (χ3n) is 2.78. The summed E-state index contributed by atoms with van der Waals surface area (Å²) in [6.45, 7) is 3.32. The van der Waals surface area contributed by atoms with Crippen LogP contribution in [0.15, 0.2) is 18.3 Å². The van der Waals surface area contributed by atoms with E-state index in [0.717, 1.165) is 12.2 Å². The van der Waals surface area contributed by atoms with Crippen molar-refractivity contribution in [1.82, 2.24) is 14.5 Å². The molecule has 0 aliphatic carbocycles. The minimum absolute atomic E-state index is 0.592. The van der Waals surface area contributed by atoms with Gasteiger partial charge in [-0.1, -0.05) is 6.92 Å². The van der Waals surface area contributed by atoms with Crippen molar-refractivity contribution in [1.29, 1.82) is 0 Å². The normalized spacial score (nSPS) is 20.8. The van der Waals surface area contributed by atoms with Gasteiger partial charge in [-0.2, -0.15) is 0 Å². The molecule has 66 valence electrons. The minimum Gasteiger partial charge on any atom is -0.326 e. The topological polar surface area (TPSA) is 30.7 Å². The zero-order valence-electron chi connectivity index (χ0n) is 7.57. The van der Waals surface area contributed by atoms with E-state index in [2.05, 4.69) is 27.5 Å². The highest BCUT2D eigenvalue weighted by atomic mass is 15.1. The van der Waals surface area contributed by atoms with Crippen LogP contribution in [0.3, 0.4) is 0 Å². The molecule has 1 aliphatic heterocycles. The van der Waals surface area contributed by atoms with Crippen LogP contribution in [0.2, 0.25) is 0 Å². The van der Waals surface area contributed by atoms with E-state index in [4.69, 9.17) is 0 Å².